The number of benzene rings is 2. The fourth-order valence-electron chi connectivity index (χ4n) is 3.55. The first-order valence-corrected chi connectivity index (χ1v) is 13.7. The smallest absolute Gasteiger partial charge is 0.317 e. The van der Waals surface area contributed by atoms with Crippen LogP contribution < -0.4 is 10.6 Å². The number of allylic oxidation sites excluding steroid dienone is 1. The number of urea groups is 1. The first-order valence-electron chi connectivity index (χ1n) is 12.9. The van der Waals surface area contributed by atoms with Gasteiger partial charge in [-0.1, -0.05) is 82.7 Å². The van der Waals surface area contributed by atoms with Crippen molar-refractivity contribution in [2.45, 2.75) is 66.5 Å². The third-order valence-corrected chi connectivity index (χ3v) is 6.36. The van der Waals surface area contributed by atoms with Gasteiger partial charge >= 0.3 is 6.03 Å². The molecule has 0 unspecified atom stereocenters. The fraction of sp³-hybridized carbons (Fsp3) is 0.433. The van der Waals surface area contributed by atoms with Crippen molar-refractivity contribution in [2.75, 3.05) is 20.1 Å². The SMILES string of the molecule is C=CC.CC.CCC.CN(CCc1cc2ccccc2s1)C(=O)NC[C@@H]1Cc2ccccc2CN1. The summed E-state index contributed by atoms with van der Waals surface area (Å²) in [7, 11) is 1.87. The maximum atomic E-state index is 12.4. The Morgan fingerprint density at radius 2 is 1.74 bits per heavy atom. The van der Waals surface area contributed by atoms with Crippen LogP contribution in [0.3, 0.4) is 0 Å². The number of nitrogens with one attached hydrogen (secondary N) is 2. The standard InChI is InChI=1S/C22H25N3OS.C3H8.C3H6.C2H6/c1-25(11-10-20-13-17-7-4-5-9-21(17)27-20)22(26)24-15-19-12-16-6-2-3-8-18(16)14-23-19;2*1-3-2;1-2/h2-9,13,19,23H,10-12,14-15H2,1H3,(H,24,26);3H2,1-2H3;3H,1H2,2H3;1-2H3/t19-;;;/m0.../s1. The largest absolute Gasteiger partial charge is 0.336 e. The molecule has 2 N–H and O–H groups in total. The summed E-state index contributed by atoms with van der Waals surface area (Å²) in [4.78, 5) is 15.5. The van der Waals surface area contributed by atoms with E-state index in [1.54, 1.807) is 11.0 Å². The van der Waals surface area contributed by atoms with Crippen LogP contribution in [0.15, 0.2) is 67.3 Å². The van der Waals surface area contributed by atoms with Crippen molar-refractivity contribution in [3.63, 3.8) is 0 Å². The van der Waals surface area contributed by atoms with Gasteiger partial charge in [0.05, 0.1) is 0 Å². The van der Waals surface area contributed by atoms with Crippen LogP contribution in [0.2, 0.25) is 0 Å². The molecule has 3 aromatic rings. The number of likely N-dealkylation sites (N-methyl/N-ethyl adjacent to an activating group) is 1. The van der Waals surface area contributed by atoms with E-state index in [1.165, 1.54) is 32.5 Å². The van der Waals surface area contributed by atoms with E-state index in [2.05, 4.69) is 85.7 Å². The molecule has 0 fully saturated rings. The molecule has 0 saturated carbocycles. The number of fused-ring (bicyclic) bond motifs is 2. The molecule has 0 aliphatic carbocycles. The molecule has 5 heteroatoms. The van der Waals surface area contributed by atoms with Crippen LogP contribution in [0.5, 0.6) is 0 Å². The van der Waals surface area contributed by atoms with Gasteiger partial charge < -0.3 is 15.5 Å². The molecule has 0 radical (unpaired) electrons. The molecule has 0 saturated heterocycles. The molecular formula is C30H45N3OS. The second-order valence-corrected chi connectivity index (χ2v) is 9.44. The normalized spacial score (nSPS) is 13.5. The number of carbonyl (C=O) groups excluding carboxylic acids is 1. The van der Waals surface area contributed by atoms with Crippen molar-refractivity contribution < 1.29 is 4.79 Å². The number of hydrogen-bond acceptors (Lipinski definition) is 3. The highest BCUT2D eigenvalue weighted by Crippen LogP contribution is 2.25. The van der Waals surface area contributed by atoms with Gasteiger partial charge in [0.15, 0.2) is 0 Å². The van der Waals surface area contributed by atoms with E-state index in [0.717, 1.165) is 25.9 Å². The average Bonchev–Trinajstić information content (AvgIpc) is 3.31. The van der Waals surface area contributed by atoms with Gasteiger partial charge in [-0.3, -0.25) is 0 Å². The monoisotopic (exact) mass is 495 g/mol. The Labute approximate surface area is 217 Å². The number of amides is 2. The van der Waals surface area contributed by atoms with Crippen LogP contribution >= 0.6 is 11.3 Å². The summed E-state index contributed by atoms with van der Waals surface area (Å²) >= 11 is 1.81. The molecule has 2 aromatic carbocycles. The molecule has 192 valence electrons. The zero-order valence-corrected chi connectivity index (χ0v) is 23.4. The number of rotatable bonds is 5. The Hall–Kier alpha value is -2.63. The topological polar surface area (TPSA) is 44.4 Å². The number of thiophene rings is 1. The lowest BCUT2D eigenvalue weighted by molar-refractivity contribution is 0.208. The van der Waals surface area contributed by atoms with Crippen LogP contribution in [0.1, 0.15) is 57.0 Å². The third-order valence-electron chi connectivity index (χ3n) is 5.18. The number of hydrogen-bond donors (Lipinski definition) is 2. The highest BCUT2D eigenvalue weighted by molar-refractivity contribution is 7.19. The highest BCUT2D eigenvalue weighted by atomic mass is 32.1. The lowest BCUT2D eigenvalue weighted by Crippen LogP contribution is -2.47. The maximum absolute atomic E-state index is 12.4. The Balaban J connectivity index is 0.000000683. The van der Waals surface area contributed by atoms with Crippen molar-refractivity contribution >= 4 is 27.5 Å². The van der Waals surface area contributed by atoms with Crippen LogP contribution in [-0.2, 0) is 19.4 Å². The van der Waals surface area contributed by atoms with Gasteiger partial charge in [0, 0.05) is 42.3 Å². The first kappa shape index (κ1) is 30.4. The number of carbonyl (C=O) groups is 1. The molecule has 1 aliphatic heterocycles. The third kappa shape index (κ3) is 10.7. The first-order chi connectivity index (χ1) is 17.0. The lowest BCUT2D eigenvalue weighted by atomic mass is 9.96. The highest BCUT2D eigenvalue weighted by Gasteiger charge is 2.18. The molecule has 0 bridgehead atoms. The number of nitrogens with zero attached hydrogens (tertiary/aromatic N) is 1. The van der Waals surface area contributed by atoms with Gasteiger partial charge in [-0.05, 0) is 48.4 Å². The molecule has 1 atom stereocenters. The Morgan fingerprint density at radius 3 is 2.40 bits per heavy atom. The van der Waals surface area contributed by atoms with E-state index >= 15 is 0 Å². The van der Waals surface area contributed by atoms with Crippen molar-refractivity contribution in [3.05, 3.63) is 83.3 Å². The molecular weight excluding hydrogens is 450 g/mol. The fourth-order valence-corrected chi connectivity index (χ4v) is 4.60. The predicted octanol–water partition coefficient (Wildman–Crippen LogP) is 7.43. The summed E-state index contributed by atoms with van der Waals surface area (Å²) < 4.78 is 1.31. The quantitative estimate of drug-likeness (QED) is 0.361. The van der Waals surface area contributed by atoms with E-state index in [9.17, 15) is 4.79 Å². The molecule has 1 aromatic heterocycles. The van der Waals surface area contributed by atoms with Crippen LogP contribution in [0, 0.1) is 0 Å². The molecule has 2 amide bonds. The van der Waals surface area contributed by atoms with Gasteiger partial charge in [-0.15, -0.1) is 17.9 Å². The van der Waals surface area contributed by atoms with Crippen molar-refractivity contribution in [1.82, 2.24) is 15.5 Å². The molecule has 0 spiro atoms. The minimum Gasteiger partial charge on any atom is -0.336 e. The molecule has 2 heterocycles. The Morgan fingerprint density at radius 1 is 1.14 bits per heavy atom. The van der Waals surface area contributed by atoms with E-state index in [0.29, 0.717) is 12.6 Å². The Kier molecular flexibility index (Phi) is 15.4. The van der Waals surface area contributed by atoms with Crippen molar-refractivity contribution in [3.8, 4) is 0 Å². The summed E-state index contributed by atoms with van der Waals surface area (Å²) in [6, 6.07) is 19.5. The maximum Gasteiger partial charge on any atom is 0.317 e. The summed E-state index contributed by atoms with van der Waals surface area (Å²) in [6.07, 6.45) is 4.85. The van der Waals surface area contributed by atoms with Gasteiger partial charge in [-0.2, -0.15) is 0 Å². The zero-order chi connectivity index (χ0) is 26.1. The summed E-state index contributed by atoms with van der Waals surface area (Å²) in [5.74, 6) is 0. The van der Waals surface area contributed by atoms with E-state index in [4.69, 9.17) is 0 Å². The van der Waals surface area contributed by atoms with Gasteiger partial charge in [0.25, 0.3) is 0 Å². The average molecular weight is 496 g/mol. The predicted molar refractivity (Wildman–Crippen MR) is 156 cm³/mol. The van der Waals surface area contributed by atoms with Gasteiger partial charge in [0.1, 0.15) is 0 Å². The minimum atomic E-state index is -0.00299. The molecule has 35 heavy (non-hydrogen) atoms. The van der Waals surface area contributed by atoms with E-state index < -0.39 is 0 Å². The second-order valence-electron chi connectivity index (χ2n) is 8.27. The Bertz CT molecular complexity index is 965. The molecule has 1 aliphatic rings. The summed E-state index contributed by atoms with van der Waals surface area (Å²) in [5, 5.41) is 7.87. The summed E-state index contributed by atoms with van der Waals surface area (Å²) in [5.41, 5.74) is 2.74. The van der Waals surface area contributed by atoms with Gasteiger partial charge in [-0.25, -0.2) is 4.79 Å². The van der Waals surface area contributed by atoms with E-state index in [1.807, 2.05) is 39.2 Å². The molecule has 4 nitrogen and oxygen atoms in total. The van der Waals surface area contributed by atoms with E-state index in [-0.39, 0.29) is 6.03 Å². The summed E-state index contributed by atoms with van der Waals surface area (Å²) in [6.45, 7) is 15.7. The van der Waals surface area contributed by atoms with Crippen molar-refractivity contribution in [1.29, 1.82) is 0 Å². The second kappa shape index (κ2) is 17.8. The molecule has 4 rings (SSSR count). The van der Waals surface area contributed by atoms with Gasteiger partial charge in [0.2, 0.25) is 0 Å². The van der Waals surface area contributed by atoms with Crippen LogP contribution in [0.4, 0.5) is 4.79 Å². The zero-order valence-electron chi connectivity index (χ0n) is 22.6. The van der Waals surface area contributed by atoms with Crippen molar-refractivity contribution in [2.24, 2.45) is 0 Å². The van der Waals surface area contributed by atoms with Crippen LogP contribution in [-0.4, -0.2) is 37.1 Å². The minimum absolute atomic E-state index is 0.00299. The lowest BCUT2D eigenvalue weighted by Gasteiger charge is -2.27. The van der Waals surface area contributed by atoms with Crippen LogP contribution in [0.25, 0.3) is 10.1 Å².